The normalized spacial score (nSPS) is 15.5. The molecule has 0 aliphatic carbocycles. The van der Waals surface area contributed by atoms with Crippen molar-refractivity contribution in [3.63, 3.8) is 0 Å². The third-order valence-corrected chi connectivity index (χ3v) is 7.42. The van der Waals surface area contributed by atoms with Crippen LogP contribution in [-0.4, -0.2) is 72.9 Å². The Bertz CT molecular complexity index is 1340. The van der Waals surface area contributed by atoms with Gasteiger partial charge in [-0.25, -0.2) is 4.39 Å². The highest BCUT2D eigenvalue weighted by atomic mass is 19.4. The van der Waals surface area contributed by atoms with Gasteiger partial charge in [-0.1, -0.05) is 18.2 Å². The Morgan fingerprint density at radius 3 is 2.25 bits per heavy atom. The maximum atomic E-state index is 15.0. The van der Waals surface area contributed by atoms with E-state index in [1.54, 1.807) is 13.8 Å². The molecule has 3 rings (SSSR count). The average molecular weight is 623 g/mol. The summed E-state index contributed by atoms with van der Waals surface area (Å²) >= 11 is 0. The van der Waals surface area contributed by atoms with E-state index in [-0.39, 0.29) is 74.4 Å². The Hall–Kier alpha value is -3.37. The molecule has 0 bridgehead atoms. The summed E-state index contributed by atoms with van der Waals surface area (Å²) in [5.41, 5.74) is 16.0. The first-order valence-corrected chi connectivity index (χ1v) is 14.2. The number of nitrogens with two attached hydrogens (primary N) is 3. The predicted molar refractivity (Wildman–Crippen MR) is 156 cm³/mol. The molecule has 2 aromatic carbocycles. The summed E-state index contributed by atoms with van der Waals surface area (Å²) in [6, 6.07) is 4.27. The molecule has 1 aliphatic heterocycles. The largest absolute Gasteiger partial charge is 0.492 e. The molecule has 2 atom stereocenters. The molecule has 15 heteroatoms. The number of nitrogens with one attached hydrogen (secondary N) is 1. The van der Waals surface area contributed by atoms with Crippen molar-refractivity contribution in [1.29, 1.82) is 0 Å². The zero-order chi connectivity index (χ0) is 32.8. The van der Waals surface area contributed by atoms with Crippen molar-refractivity contribution in [2.45, 2.75) is 63.4 Å². The maximum Gasteiger partial charge on any atom is 0.492 e. The summed E-state index contributed by atoms with van der Waals surface area (Å²) in [6.45, 7) is 4.21. The number of halogens is 4. The van der Waals surface area contributed by atoms with Crippen LogP contribution < -0.4 is 28.0 Å². The molecule has 0 spiro atoms. The predicted octanol–water partition coefficient (Wildman–Crippen LogP) is 0.490. The molecule has 44 heavy (non-hydrogen) atoms. The first-order valence-electron chi connectivity index (χ1n) is 14.2. The molecular weight excluding hydrogens is 585 g/mol. The van der Waals surface area contributed by atoms with Gasteiger partial charge in [0.1, 0.15) is 5.82 Å². The van der Waals surface area contributed by atoms with Crippen molar-refractivity contribution in [3.05, 3.63) is 64.5 Å². The first kappa shape index (κ1) is 35.1. The number of rotatable bonds is 14. The van der Waals surface area contributed by atoms with Crippen LogP contribution in [0.4, 0.5) is 17.6 Å². The molecule has 0 aromatic heterocycles. The van der Waals surface area contributed by atoms with Gasteiger partial charge in [-0.05, 0) is 61.5 Å². The van der Waals surface area contributed by atoms with Gasteiger partial charge in [-0.2, -0.15) is 13.2 Å². The van der Waals surface area contributed by atoms with E-state index in [4.69, 9.17) is 21.9 Å². The van der Waals surface area contributed by atoms with E-state index in [1.165, 1.54) is 23.1 Å². The fraction of sp³-hybridized carbons (Fsp3) is 0.483. The number of hydrogen-bond donors (Lipinski definition) is 5. The molecule has 0 saturated heterocycles. The van der Waals surface area contributed by atoms with Gasteiger partial charge >= 0.3 is 13.3 Å². The van der Waals surface area contributed by atoms with E-state index in [0.717, 1.165) is 18.2 Å². The van der Waals surface area contributed by atoms with Crippen LogP contribution in [0.5, 0.6) is 0 Å². The molecular formula is C29H38BF4N5O5. The van der Waals surface area contributed by atoms with Crippen molar-refractivity contribution in [1.82, 2.24) is 10.2 Å². The fourth-order valence-corrected chi connectivity index (χ4v) is 5.17. The van der Waals surface area contributed by atoms with Crippen molar-refractivity contribution in [3.8, 4) is 0 Å². The minimum atomic E-state index is -4.56. The lowest BCUT2D eigenvalue weighted by Crippen LogP contribution is -2.50. The summed E-state index contributed by atoms with van der Waals surface area (Å²) in [7, 11) is -1.40. The molecule has 0 saturated carbocycles. The monoisotopic (exact) mass is 623 g/mol. The van der Waals surface area contributed by atoms with Crippen LogP contribution in [0.3, 0.4) is 0 Å². The van der Waals surface area contributed by atoms with Crippen LogP contribution in [0, 0.1) is 5.82 Å². The van der Waals surface area contributed by atoms with Crippen LogP contribution in [0.2, 0.25) is 0 Å². The second-order valence-electron chi connectivity index (χ2n) is 11.2. The lowest BCUT2D eigenvalue weighted by molar-refractivity contribution is -0.137. The van der Waals surface area contributed by atoms with Crippen molar-refractivity contribution in [2.24, 2.45) is 17.2 Å². The van der Waals surface area contributed by atoms with E-state index < -0.39 is 54.1 Å². The third-order valence-electron chi connectivity index (χ3n) is 7.42. The van der Waals surface area contributed by atoms with E-state index in [2.05, 4.69) is 5.32 Å². The molecule has 1 heterocycles. The number of carbonyl (C=O) groups excluding carboxylic acids is 3. The van der Waals surface area contributed by atoms with Crippen LogP contribution in [0.25, 0.3) is 0 Å². The molecule has 8 N–H and O–H groups in total. The lowest BCUT2D eigenvalue weighted by atomic mass is 9.76. The molecule has 0 fully saturated rings. The number of carbonyl (C=O) groups is 3. The van der Waals surface area contributed by atoms with Gasteiger partial charge in [-0.3, -0.25) is 14.4 Å². The average Bonchev–Trinajstić information content (AvgIpc) is 3.18. The first-order chi connectivity index (χ1) is 20.6. The van der Waals surface area contributed by atoms with E-state index in [1.807, 2.05) is 0 Å². The van der Waals surface area contributed by atoms with Gasteiger partial charge in [0, 0.05) is 44.6 Å². The molecule has 240 valence electrons. The number of Topliss-reactive ketones (excluding diaryl/α,β-unsaturated/α-hetero) is 1. The zero-order valence-corrected chi connectivity index (χ0v) is 24.6. The van der Waals surface area contributed by atoms with Gasteiger partial charge < -0.3 is 37.1 Å². The van der Waals surface area contributed by atoms with Gasteiger partial charge in [0.15, 0.2) is 5.78 Å². The number of benzene rings is 2. The molecule has 1 aliphatic rings. The minimum Gasteiger partial charge on any atom is -0.423 e. The molecule has 10 nitrogen and oxygen atoms in total. The number of alkyl halides is 3. The highest BCUT2D eigenvalue weighted by Gasteiger charge is 2.43. The Kier molecular flexibility index (Phi) is 11.7. The minimum absolute atomic E-state index is 0.0544. The third kappa shape index (κ3) is 8.85. The fourth-order valence-electron chi connectivity index (χ4n) is 5.17. The van der Waals surface area contributed by atoms with Crippen LogP contribution in [0.15, 0.2) is 36.4 Å². The molecule has 0 unspecified atom stereocenters. The van der Waals surface area contributed by atoms with E-state index in [9.17, 15) is 32.6 Å². The van der Waals surface area contributed by atoms with Crippen molar-refractivity contribution < 1.29 is 41.6 Å². The van der Waals surface area contributed by atoms with Crippen LogP contribution >= 0.6 is 0 Å². The molecule has 2 aromatic rings. The quantitative estimate of drug-likeness (QED) is 0.149. The zero-order valence-electron chi connectivity index (χ0n) is 24.6. The van der Waals surface area contributed by atoms with Gasteiger partial charge in [0.25, 0.3) is 0 Å². The Balaban J connectivity index is 1.79. The highest BCUT2D eigenvalue weighted by Crippen LogP contribution is 2.32. The second-order valence-corrected chi connectivity index (χ2v) is 11.2. The summed E-state index contributed by atoms with van der Waals surface area (Å²) in [5, 5.41) is 12.8. The Labute approximate surface area is 253 Å². The van der Waals surface area contributed by atoms with E-state index >= 15 is 4.39 Å². The van der Waals surface area contributed by atoms with Gasteiger partial charge in [-0.15, -0.1) is 0 Å². The summed E-state index contributed by atoms with van der Waals surface area (Å²) in [5.74, 6) is -2.31. The SMILES string of the molecule is CC1(C)OB(O)c2cc(CC(=O)[C@@H](Cc3ccc(C(F)(F)F)cc3)NC(=O)[C@@H](N)CCC(=O)N(CCN)CCN)cc(F)c21. The standard InChI is InChI=1S/C29H38BF4N5O5/c1-28(2)26-20(30(43)44-28)13-18(14-21(26)31)16-24(40)23(15-17-3-5-19(6-4-17)29(32,33)34)38-27(42)22(37)7-8-25(41)39(11-9-35)12-10-36/h3-6,13-14,22-23,43H,7-12,15-16,35-37H2,1-2H3,(H,38,42)/t22-,23+/m0/s1. The van der Waals surface area contributed by atoms with Crippen LogP contribution in [-0.2, 0) is 43.7 Å². The number of hydrogen-bond acceptors (Lipinski definition) is 8. The Morgan fingerprint density at radius 1 is 1.07 bits per heavy atom. The van der Waals surface area contributed by atoms with Crippen LogP contribution in [0.1, 0.15) is 48.9 Å². The maximum absolute atomic E-state index is 15.0. The smallest absolute Gasteiger partial charge is 0.423 e. The lowest BCUT2D eigenvalue weighted by Gasteiger charge is -2.23. The summed E-state index contributed by atoms with van der Waals surface area (Å²) < 4.78 is 59.6. The number of amides is 2. The summed E-state index contributed by atoms with van der Waals surface area (Å²) in [4.78, 5) is 40.5. The highest BCUT2D eigenvalue weighted by molar-refractivity contribution is 6.62. The van der Waals surface area contributed by atoms with E-state index in [0.29, 0.717) is 5.56 Å². The van der Waals surface area contributed by atoms with Gasteiger partial charge in [0.05, 0.1) is 23.2 Å². The molecule has 0 radical (unpaired) electrons. The second kappa shape index (κ2) is 14.6. The van der Waals surface area contributed by atoms with Gasteiger partial charge in [0.2, 0.25) is 11.8 Å². The topological polar surface area (TPSA) is 174 Å². The number of nitrogens with zero attached hydrogens (tertiary/aromatic N) is 1. The molecule has 2 amide bonds. The number of ketones is 1. The Morgan fingerprint density at radius 2 is 1.68 bits per heavy atom. The van der Waals surface area contributed by atoms with Crippen molar-refractivity contribution in [2.75, 3.05) is 26.2 Å². The summed E-state index contributed by atoms with van der Waals surface area (Å²) in [6.07, 6.45) is -5.25. The van der Waals surface area contributed by atoms with Crippen molar-refractivity contribution >= 4 is 30.2 Å². The number of fused-ring (bicyclic) bond motifs is 1.